The second-order valence-electron chi connectivity index (χ2n) is 4.89. The first-order chi connectivity index (χ1) is 12.0. The molecule has 0 atom stereocenters. The number of anilines is 1. The molecule has 0 saturated carbocycles. The molecule has 0 aliphatic heterocycles. The number of nitro benzene ring substituents is 1. The number of ether oxygens (including phenoxy) is 3. The van der Waals surface area contributed by atoms with Gasteiger partial charge < -0.3 is 19.5 Å². The van der Waals surface area contributed by atoms with Gasteiger partial charge in [-0.1, -0.05) is 0 Å². The molecule has 1 N–H and O–H groups in total. The first kappa shape index (κ1) is 18.1. The molecule has 8 nitrogen and oxygen atoms in total. The molecule has 0 heterocycles. The van der Waals surface area contributed by atoms with Gasteiger partial charge in [0.1, 0.15) is 5.75 Å². The van der Waals surface area contributed by atoms with Gasteiger partial charge >= 0.3 is 0 Å². The third-order valence-electron chi connectivity index (χ3n) is 3.17. The summed E-state index contributed by atoms with van der Waals surface area (Å²) in [7, 11) is 1.41. The summed E-state index contributed by atoms with van der Waals surface area (Å²) in [6.07, 6.45) is 0. The van der Waals surface area contributed by atoms with Crippen molar-refractivity contribution in [1.29, 1.82) is 0 Å². The molecular weight excluding hydrogens is 328 g/mol. The quantitative estimate of drug-likeness (QED) is 0.582. The van der Waals surface area contributed by atoms with E-state index in [0.717, 1.165) is 0 Å². The van der Waals surface area contributed by atoms with Gasteiger partial charge in [0, 0.05) is 11.8 Å². The predicted octanol–water partition coefficient (Wildman–Crippen LogP) is 3.02. The zero-order chi connectivity index (χ0) is 18.2. The smallest absolute Gasteiger partial charge is 0.273 e. The molecule has 8 heteroatoms. The minimum absolute atomic E-state index is 0.124. The highest BCUT2D eigenvalue weighted by Gasteiger charge is 2.14. The van der Waals surface area contributed by atoms with Gasteiger partial charge in [-0.2, -0.15) is 0 Å². The van der Waals surface area contributed by atoms with Crippen molar-refractivity contribution in [1.82, 2.24) is 0 Å². The Kier molecular flexibility index (Phi) is 6.16. The van der Waals surface area contributed by atoms with Gasteiger partial charge in [-0.05, 0) is 37.3 Å². The molecular formula is C17H18N2O6. The fourth-order valence-electron chi connectivity index (χ4n) is 2.03. The number of nitro groups is 1. The highest BCUT2D eigenvalue weighted by atomic mass is 16.6. The fourth-order valence-corrected chi connectivity index (χ4v) is 2.03. The molecule has 2 aromatic carbocycles. The van der Waals surface area contributed by atoms with Crippen molar-refractivity contribution in [3.8, 4) is 17.2 Å². The molecule has 2 aromatic rings. The van der Waals surface area contributed by atoms with Gasteiger partial charge in [-0.25, -0.2) is 0 Å². The molecule has 0 fully saturated rings. The summed E-state index contributed by atoms with van der Waals surface area (Å²) in [6.45, 7) is 2.13. The average Bonchev–Trinajstić information content (AvgIpc) is 2.61. The van der Waals surface area contributed by atoms with Crippen molar-refractivity contribution in [3.05, 3.63) is 52.6 Å². The molecule has 0 aliphatic carbocycles. The van der Waals surface area contributed by atoms with Crippen LogP contribution in [0.5, 0.6) is 17.2 Å². The number of hydrogen-bond donors (Lipinski definition) is 1. The van der Waals surface area contributed by atoms with Gasteiger partial charge in [0.2, 0.25) is 0 Å². The monoisotopic (exact) mass is 346 g/mol. The predicted molar refractivity (Wildman–Crippen MR) is 91.4 cm³/mol. The van der Waals surface area contributed by atoms with Crippen molar-refractivity contribution in [2.75, 3.05) is 25.6 Å². The first-order valence-electron chi connectivity index (χ1n) is 7.51. The van der Waals surface area contributed by atoms with Gasteiger partial charge in [0.15, 0.2) is 18.1 Å². The Labute approximate surface area is 144 Å². The van der Waals surface area contributed by atoms with Crippen LogP contribution in [0.2, 0.25) is 0 Å². The Morgan fingerprint density at radius 3 is 2.44 bits per heavy atom. The summed E-state index contributed by atoms with van der Waals surface area (Å²) in [5.74, 6) is 0.730. The Morgan fingerprint density at radius 1 is 1.12 bits per heavy atom. The number of rotatable bonds is 8. The van der Waals surface area contributed by atoms with E-state index in [-0.39, 0.29) is 18.0 Å². The van der Waals surface area contributed by atoms with Crippen molar-refractivity contribution >= 4 is 17.3 Å². The molecule has 0 saturated heterocycles. The van der Waals surface area contributed by atoms with E-state index >= 15 is 0 Å². The van der Waals surface area contributed by atoms with Crippen LogP contribution in [0, 0.1) is 10.1 Å². The van der Waals surface area contributed by atoms with E-state index in [9.17, 15) is 14.9 Å². The van der Waals surface area contributed by atoms with E-state index < -0.39 is 10.8 Å². The van der Waals surface area contributed by atoms with Crippen LogP contribution in [-0.2, 0) is 4.79 Å². The number of nitrogens with one attached hydrogen (secondary N) is 1. The summed E-state index contributed by atoms with van der Waals surface area (Å²) in [4.78, 5) is 22.2. The van der Waals surface area contributed by atoms with Crippen LogP contribution in [-0.4, -0.2) is 31.2 Å². The van der Waals surface area contributed by atoms with E-state index in [1.165, 1.54) is 25.3 Å². The van der Waals surface area contributed by atoms with E-state index in [4.69, 9.17) is 14.2 Å². The Morgan fingerprint density at radius 2 is 1.84 bits per heavy atom. The highest BCUT2D eigenvalue weighted by molar-refractivity contribution is 5.91. The van der Waals surface area contributed by atoms with E-state index in [1.807, 2.05) is 6.92 Å². The zero-order valence-electron chi connectivity index (χ0n) is 13.9. The van der Waals surface area contributed by atoms with Crippen molar-refractivity contribution in [3.63, 3.8) is 0 Å². The van der Waals surface area contributed by atoms with Crippen LogP contribution >= 0.6 is 0 Å². The molecule has 0 aliphatic rings. The first-order valence-corrected chi connectivity index (χ1v) is 7.51. The van der Waals surface area contributed by atoms with Gasteiger partial charge in [-0.15, -0.1) is 0 Å². The van der Waals surface area contributed by atoms with Crippen LogP contribution in [0.4, 0.5) is 11.4 Å². The number of hydrogen-bond acceptors (Lipinski definition) is 6. The Bertz CT molecular complexity index is 745. The summed E-state index contributed by atoms with van der Waals surface area (Å²) >= 11 is 0. The fraction of sp³-hybridized carbons (Fsp3) is 0.235. The van der Waals surface area contributed by atoms with Gasteiger partial charge in [-0.3, -0.25) is 14.9 Å². The van der Waals surface area contributed by atoms with Crippen molar-refractivity contribution < 1.29 is 23.9 Å². The van der Waals surface area contributed by atoms with Crippen LogP contribution < -0.4 is 19.5 Å². The summed E-state index contributed by atoms with van der Waals surface area (Å²) in [5, 5.41) is 13.5. The Balaban J connectivity index is 1.97. The number of carbonyl (C=O) groups is 1. The third-order valence-corrected chi connectivity index (χ3v) is 3.17. The lowest BCUT2D eigenvalue weighted by atomic mass is 10.3. The topological polar surface area (TPSA) is 99.9 Å². The summed E-state index contributed by atoms with van der Waals surface area (Å²) in [6, 6.07) is 10.8. The minimum Gasteiger partial charge on any atom is -0.494 e. The Hall–Kier alpha value is -3.29. The largest absolute Gasteiger partial charge is 0.494 e. The lowest BCUT2D eigenvalue weighted by Crippen LogP contribution is -2.20. The van der Waals surface area contributed by atoms with Crippen LogP contribution in [0.25, 0.3) is 0 Å². The third kappa shape index (κ3) is 5.10. The molecule has 2 rings (SSSR count). The van der Waals surface area contributed by atoms with Crippen LogP contribution in [0.3, 0.4) is 0 Å². The molecule has 0 bridgehead atoms. The second kappa shape index (κ2) is 8.53. The molecule has 25 heavy (non-hydrogen) atoms. The second-order valence-corrected chi connectivity index (χ2v) is 4.89. The SMILES string of the molecule is CCOc1ccc(NC(=O)COc2cc([N+](=O)[O-])ccc2OC)cc1. The maximum Gasteiger partial charge on any atom is 0.273 e. The minimum atomic E-state index is -0.549. The normalized spacial score (nSPS) is 10.0. The molecule has 132 valence electrons. The summed E-state index contributed by atoms with van der Waals surface area (Å²) < 4.78 is 15.7. The lowest BCUT2D eigenvalue weighted by molar-refractivity contribution is -0.385. The number of benzene rings is 2. The molecule has 0 unspecified atom stereocenters. The highest BCUT2D eigenvalue weighted by Crippen LogP contribution is 2.31. The number of methoxy groups -OCH3 is 1. The lowest BCUT2D eigenvalue weighted by Gasteiger charge is -2.11. The molecule has 0 aromatic heterocycles. The van der Waals surface area contributed by atoms with Crippen LogP contribution in [0.1, 0.15) is 6.92 Å². The van der Waals surface area contributed by atoms with Crippen molar-refractivity contribution in [2.45, 2.75) is 6.92 Å². The zero-order valence-corrected chi connectivity index (χ0v) is 13.9. The number of carbonyl (C=O) groups excluding carboxylic acids is 1. The van der Waals surface area contributed by atoms with Gasteiger partial charge in [0.25, 0.3) is 11.6 Å². The molecule has 1 amide bonds. The number of non-ortho nitro benzene ring substituents is 1. The van der Waals surface area contributed by atoms with Crippen LogP contribution in [0.15, 0.2) is 42.5 Å². The van der Waals surface area contributed by atoms with Gasteiger partial charge in [0.05, 0.1) is 24.7 Å². The number of amides is 1. The average molecular weight is 346 g/mol. The maximum atomic E-state index is 12.0. The standard InChI is InChI=1S/C17H18N2O6/c1-3-24-14-7-4-12(5-8-14)18-17(20)11-25-16-10-13(19(21)22)6-9-15(16)23-2/h4-10H,3,11H2,1-2H3,(H,18,20). The maximum absolute atomic E-state index is 12.0. The van der Waals surface area contributed by atoms with E-state index in [2.05, 4.69) is 5.32 Å². The number of nitrogens with zero attached hydrogens (tertiary/aromatic N) is 1. The van der Waals surface area contributed by atoms with E-state index in [0.29, 0.717) is 23.8 Å². The van der Waals surface area contributed by atoms with Crippen molar-refractivity contribution in [2.24, 2.45) is 0 Å². The molecule has 0 spiro atoms. The summed E-state index contributed by atoms with van der Waals surface area (Å²) in [5.41, 5.74) is 0.436. The van der Waals surface area contributed by atoms with E-state index in [1.54, 1.807) is 24.3 Å². The molecule has 0 radical (unpaired) electrons.